The zero-order valence-corrected chi connectivity index (χ0v) is 12.0. The van der Waals surface area contributed by atoms with E-state index in [9.17, 15) is 0 Å². The number of ether oxygens (including phenoxy) is 1. The number of fused-ring (bicyclic) bond motifs is 1. The Bertz CT molecular complexity index is 370. The van der Waals surface area contributed by atoms with E-state index in [1.807, 2.05) is 12.1 Å². The SMILES string of the molecule is Clc1cc2c(c(CNCCCI)c1)OCC2. The quantitative estimate of drug-likeness (QED) is 0.500. The van der Waals surface area contributed by atoms with E-state index in [2.05, 4.69) is 27.9 Å². The number of hydrogen-bond donors (Lipinski definition) is 1. The Morgan fingerprint density at radius 3 is 3.12 bits per heavy atom. The van der Waals surface area contributed by atoms with Crippen LogP contribution in [-0.4, -0.2) is 17.6 Å². The highest BCUT2D eigenvalue weighted by molar-refractivity contribution is 14.1. The Morgan fingerprint density at radius 1 is 1.44 bits per heavy atom. The van der Waals surface area contributed by atoms with Crippen LogP contribution in [0.3, 0.4) is 0 Å². The predicted octanol–water partition coefficient (Wildman–Crippen LogP) is 3.19. The fourth-order valence-corrected chi connectivity index (χ4v) is 2.54. The van der Waals surface area contributed by atoms with Crippen molar-refractivity contribution in [3.05, 3.63) is 28.3 Å². The molecular formula is C12H15ClINO. The first-order valence-corrected chi connectivity index (χ1v) is 7.42. The summed E-state index contributed by atoms with van der Waals surface area (Å²) in [6, 6.07) is 4.01. The van der Waals surface area contributed by atoms with Gasteiger partial charge in [0.05, 0.1) is 6.61 Å². The molecule has 0 atom stereocenters. The van der Waals surface area contributed by atoms with Crippen molar-refractivity contribution in [3.8, 4) is 5.75 Å². The third-order valence-electron chi connectivity index (χ3n) is 2.63. The van der Waals surface area contributed by atoms with Crippen LogP contribution in [0.2, 0.25) is 5.02 Å². The Morgan fingerprint density at radius 2 is 2.31 bits per heavy atom. The van der Waals surface area contributed by atoms with Crippen molar-refractivity contribution in [3.63, 3.8) is 0 Å². The maximum absolute atomic E-state index is 6.08. The lowest BCUT2D eigenvalue weighted by molar-refractivity contribution is 0.352. The molecule has 0 aromatic heterocycles. The number of alkyl halides is 1. The average Bonchev–Trinajstić information content (AvgIpc) is 2.72. The molecule has 0 spiro atoms. The van der Waals surface area contributed by atoms with Crippen LogP contribution in [0, 0.1) is 0 Å². The molecule has 0 fully saturated rings. The van der Waals surface area contributed by atoms with Crippen molar-refractivity contribution in [1.29, 1.82) is 0 Å². The molecule has 0 radical (unpaired) electrons. The molecule has 0 saturated heterocycles. The second-order valence-corrected chi connectivity index (χ2v) is 5.39. The summed E-state index contributed by atoms with van der Waals surface area (Å²) in [4.78, 5) is 0. The maximum Gasteiger partial charge on any atom is 0.127 e. The molecule has 0 aliphatic carbocycles. The Kier molecular flexibility index (Phi) is 4.73. The first kappa shape index (κ1) is 12.5. The van der Waals surface area contributed by atoms with E-state index in [0.717, 1.165) is 36.9 Å². The number of benzene rings is 1. The molecule has 88 valence electrons. The molecule has 0 amide bonds. The van der Waals surface area contributed by atoms with Crippen molar-refractivity contribution in [2.75, 3.05) is 17.6 Å². The molecule has 0 bridgehead atoms. The van der Waals surface area contributed by atoms with Crippen LogP contribution in [0.4, 0.5) is 0 Å². The minimum atomic E-state index is 0.788. The van der Waals surface area contributed by atoms with Gasteiger partial charge in [0.1, 0.15) is 5.75 Å². The van der Waals surface area contributed by atoms with Gasteiger partial charge in [-0.3, -0.25) is 0 Å². The zero-order valence-electron chi connectivity index (χ0n) is 9.06. The molecule has 1 aliphatic heterocycles. The highest BCUT2D eigenvalue weighted by atomic mass is 127. The molecule has 1 heterocycles. The summed E-state index contributed by atoms with van der Waals surface area (Å²) >= 11 is 8.47. The number of rotatable bonds is 5. The molecule has 2 nitrogen and oxygen atoms in total. The van der Waals surface area contributed by atoms with Gasteiger partial charge in [-0.25, -0.2) is 0 Å². The molecular weight excluding hydrogens is 336 g/mol. The summed E-state index contributed by atoms with van der Waals surface area (Å²) in [6.07, 6.45) is 2.18. The van der Waals surface area contributed by atoms with Crippen LogP contribution in [0.15, 0.2) is 12.1 Å². The lowest BCUT2D eigenvalue weighted by atomic mass is 10.1. The predicted molar refractivity (Wildman–Crippen MR) is 75.9 cm³/mol. The van der Waals surface area contributed by atoms with Gasteiger partial charge in [-0.2, -0.15) is 0 Å². The van der Waals surface area contributed by atoms with E-state index < -0.39 is 0 Å². The van der Waals surface area contributed by atoms with Gasteiger partial charge in [-0.15, -0.1) is 0 Å². The maximum atomic E-state index is 6.08. The molecule has 4 heteroatoms. The second-order valence-electron chi connectivity index (χ2n) is 3.87. The van der Waals surface area contributed by atoms with Crippen LogP contribution < -0.4 is 10.1 Å². The van der Waals surface area contributed by atoms with Gasteiger partial charge < -0.3 is 10.1 Å². The monoisotopic (exact) mass is 351 g/mol. The Hall–Kier alpha value is -0.0000000000000000555. The minimum Gasteiger partial charge on any atom is -0.493 e. The average molecular weight is 352 g/mol. The fourth-order valence-electron chi connectivity index (χ4n) is 1.89. The van der Waals surface area contributed by atoms with Gasteiger partial charge in [0, 0.05) is 28.0 Å². The molecule has 0 unspecified atom stereocenters. The molecule has 1 N–H and O–H groups in total. The first-order chi connectivity index (χ1) is 7.81. The van der Waals surface area contributed by atoms with Crippen molar-refractivity contribution in [2.24, 2.45) is 0 Å². The van der Waals surface area contributed by atoms with Gasteiger partial charge in [0.2, 0.25) is 0 Å². The Balaban J connectivity index is 2.03. The van der Waals surface area contributed by atoms with E-state index in [1.54, 1.807) is 0 Å². The van der Waals surface area contributed by atoms with Gasteiger partial charge >= 0.3 is 0 Å². The number of hydrogen-bond acceptors (Lipinski definition) is 2. The van der Waals surface area contributed by atoms with Crippen molar-refractivity contribution < 1.29 is 4.74 Å². The summed E-state index contributed by atoms with van der Waals surface area (Å²) in [5, 5.41) is 4.23. The summed E-state index contributed by atoms with van der Waals surface area (Å²) in [6.45, 7) is 2.68. The van der Waals surface area contributed by atoms with Crippen LogP contribution in [0.1, 0.15) is 17.5 Å². The largest absolute Gasteiger partial charge is 0.493 e. The topological polar surface area (TPSA) is 21.3 Å². The summed E-state index contributed by atoms with van der Waals surface area (Å²) < 4.78 is 6.83. The van der Waals surface area contributed by atoms with E-state index in [-0.39, 0.29) is 0 Å². The minimum absolute atomic E-state index is 0.788. The third-order valence-corrected chi connectivity index (χ3v) is 3.61. The fraction of sp³-hybridized carbons (Fsp3) is 0.500. The van der Waals surface area contributed by atoms with Gasteiger partial charge in [0.15, 0.2) is 0 Å². The zero-order chi connectivity index (χ0) is 11.4. The van der Waals surface area contributed by atoms with Crippen molar-refractivity contribution in [1.82, 2.24) is 5.32 Å². The molecule has 0 saturated carbocycles. The van der Waals surface area contributed by atoms with Gasteiger partial charge in [-0.1, -0.05) is 34.2 Å². The summed E-state index contributed by atoms with van der Waals surface area (Å²) in [5.74, 6) is 1.05. The molecule has 16 heavy (non-hydrogen) atoms. The highest BCUT2D eigenvalue weighted by Gasteiger charge is 2.16. The summed E-state index contributed by atoms with van der Waals surface area (Å²) in [5.41, 5.74) is 2.44. The lowest BCUT2D eigenvalue weighted by Crippen LogP contribution is -2.15. The third kappa shape index (κ3) is 3.02. The van der Waals surface area contributed by atoms with E-state index in [0.29, 0.717) is 0 Å². The molecule has 1 aromatic rings. The van der Waals surface area contributed by atoms with Gasteiger partial charge in [0.25, 0.3) is 0 Å². The molecule has 2 rings (SSSR count). The second kappa shape index (κ2) is 6.07. The van der Waals surface area contributed by atoms with Gasteiger partial charge in [-0.05, 0) is 30.7 Å². The van der Waals surface area contributed by atoms with E-state index in [4.69, 9.17) is 16.3 Å². The standard InChI is InChI=1S/C12H15ClINO/c13-11-6-9-2-5-16-12(9)10(7-11)8-15-4-1-3-14/h6-7,15H,1-5,8H2. The van der Waals surface area contributed by atoms with E-state index >= 15 is 0 Å². The highest BCUT2D eigenvalue weighted by Crippen LogP contribution is 2.32. The molecule has 1 aromatic carbocycles. The van der Waals surface area contributed by atoms with Crippen LogP contribution in [0.5, 0.6) is 5.75 Å². The lowest BCUT2D eigenvalue weighted by Gasteiger charge is -2.09. The van der Waals surface area contributed by atoms with Crippen molar-refractivity contribution in [2.45, 2.75) is 19.4 Å². The number of nitrogens with one attached hydrogen (secondary N) is 1. The normalized spacial score (nSPS) is 13.6. The Labute approximate surface area is 115 Å². The molecule has 1 aliphatic rings. The van der Waals surface area contributed by atoms with Crippen LogP contribution >= 0.6 is 34.2 Å². The summed E-state index contributed by atoms with van der Waals surface area (Å²) in [7, 11) is 0. The van der Waals surface area contributed by atoms with Crippen LogP contribution in [0.25, 0.3) is 0 Å². The van der Waals surface area contributed by atoms with E-state index in [1.165, 1.54) is 22.0 Å². The van der Waals surface area contributed by atoms with Crippen molar-refractivity contribution >= 4 is 34.2 Å². The first-order valence-electron chi connectivity index (χ1n) is 5.52. The van der Waals surface area contributed by atoms with Crippen LogP contribution in [-0.2, 0) is 13.0 Å². The smallest absolute Gasteiger partial charge is 0.127 e. The number of halogens is 2.